The molecule has 4 heteroatoms. The number of nitrogens with zero attached hydrogens (tertiary/aromatic N) is 3. The van der Waals surface area contributed by atoms with Crippen molar-refractivity contribution in [2.24, 2.45) is 0 Å². The molecule has 0 radical (unpaired) electrons. The molecule has 2 aromatic rings. The fourth-order valence-electron chi connectivity index (χ4n) is 8.16. The van der Waals surface area contributed by atoms with Crippen LogP contribution in [-0.2, 0) is 17.9 Å². The summed E-state index contributed by atoms with van der Waals surface area (Å²) in [6.45, 7) is 11.8. The number of allylic oxidation sites excluding steroid dienone is 1. The number of aromatic nitrogens is 2. The molecule has 4 nitrogen and oxygen atoms in total. The van der Waals surface area contributed by atoms with E-state index in [2.05, 4.69) is 83.5 Å². The maximum atomic E-state index is 13.6. The van der Waals surface area contributed by atoms with Gasteiger partial charge in [-0.2, -0.15) is 0 Å². The van der Waals surface area contributed by atoms with Gasteiger partial charge in [-0.25, -0.2) is 9.13 Å². The fraction of sp³-hybridized carbons (Fsp3) is 0.750. The van der Waals surface area contributed by atoms with Crippen molar-refractivity contribution in [3.05, 3.63) is 61.7 Å². The average Bonchev–Trinajstić information content (AvgIpc) is 3.22. The molecule has 1 amide bonds. The van der Waals surface area contributed by atoms with Gasteiger partial charge in [0.05, 0.1) is 6.42 Å². The first-order chi connectivity index (χ1) is 27.7. The van der Waals surface area contributed by atoms with E-state index in [1.54, 1.807) is 0 Å². The number of unbranched alkanes of at least 4 members (excludes halogenated alkanes) is 30. The Labute approximate surface area is 348 Å². The van der Waals surface area contributed by atoms with Crippen molar-refractivity contribution in [2.45, 2.75) is 239 Å². The smallest absolute Gasteiger partial charge is 0.228 e. The van der Waals surface area contributed by atoms with E-state index in [0.717, 1.165) is 39.0 Å². The minimum Gasteiger partial charge on any atom is -0.342 e. The molecule has 0 N–H and O–H groups in total. The third-order valence-electron chi connectivity index (χ3n) is 12.0. The summed E-state index contributed by atoms with van der Waals surface area (Å²) < 4.78 is 4.29. The zero-order valence-electron chi connectivity index (χ0n) is 37.3. The minimum atomic E-state index is 0.332. The standard InChI is InChI=1S/C52H91N3O/c1-4-7-9-11-13-15-17-19-21-23-25-27-29-31-33-35-43-55(44-36-34-32-30-28-26-24-22-20-18-16-14-12-10-8-5-2)52(56)41-49-54-47-39-51(40-48-54)50-37-45-53(42-6-3)46-38-50/h6,37-40,45-48H,3-5,7-36,41-44,49H2,1-2H3/q+2. The summed E-state index contributed by atoms with van der Waals surface area (Å²) in [5, 5.41) is 0. The van der Waals surface area contributed by atoms with Crippen LogP contribution in [-0.4, -0.2) is 23.9 Å². The number of carbonyl (C=O) groups excluding carboxylic acids is 1. The molecule has 0 spiro atoms. The topological polar surface area (TPSA) is 28.1 Å². The van der Waals surface area contributed by atoms with Gasteiger partial charge in [-0.05, 0) is 30.0 Å². The highest BCUT2D eigenvalue weighted by Crippen LogP contribution is 2.18. The Morgan fingerprint density at radius 3 is 1.05 bits per heavy atom. The van der Waals surface area contributed by atoms with Crippen LogP contribution in [0.5, 0.6) is 0 Å². The van der Waals surface area contributed by atoms with E-state index in [1.807, 2.05) is 6.08 Å². The molecular weight excluding hydrogens is 683 g/mol. The predicted molar refractivity (Wildman–Crippen MR) is 243 cm³/mol. The van der Waals surface area contributed by atoms with E-state index < -0.39 is 0 Å². The third kappa shape index (κ3) is 27.2. The van der Waals surface area contributed by atoms with Gasteiger partial charge >= 0.3 is 0 Å². The molecule has 0 saturated carbocycles. The number of pyridine rings is 2. The molecule has 0 aliphatic rings. The Bertz CT molecular complexity index is 1120. The van der Waals surface area contributed by atoms with Gasteiger partial charge in [0.15, 0.2) is 37.9 Å². The second-order valence-corrected chi connectivity index (χ2v) is 17.1. The van der Waals surface area contributed by atoms with Crippen molar-refractivity contribution in [1.82, 2.24) is 4.90 Å². The maximum Gasteiger partial charge on any atom is 0.228 e. The van der Waals surface area contributed by atoms with Gasteiger partial charge < -0.3 is 4.90 Å². The molecule has 0 fully saturated rings. The van der Waals surface area contributed by atoms with Crippen LogP contribution < -0.4 is 9.13 Å². The Kier molecular flexibility index (Phi) is 32.7. The molecule has 0 atom stereocenters. The molecule has 0 aliphatic carbocycles. The quantitative estimate of drug-likeness (QED) is 0.0377. The molecule has 2 rings (SSSR count). The first-order valence-electron chi connectivity index (χ1n) is 24.5. The van der Waals surface area contributed by atoms with E-state index in [-0.39, 0.29) is 0 Å². The maximum absolute atomic E-state index is 13.6. The summed E-state index contributed by atoms with van der Waals surface area (Å²) in [7, 11) is 0. The monoisotopic (exact) mass is 774 g/mol. The van der Waals surface area contributed by atoms with Crippen LogP contribution >= 0.6 is 0 Å². The van der Waals surface area contributed by atoms with Crippen LogP contribution in [0.1, 0.15) is 226 Å². The first-order valence-corrected chi connectivity index (χ1v) is 24.5. The van der Waals surface area contributed by atoms with Crippen LogP contribution in [0, 0.1) is 0 Å². The van der Waals surface area contributed by atoms with Crippen LogP contribution in [0.25, 0.3) is 11.1 Å². The highest BCUT2D eigenvalue weighted by Gasteiger charge is 2.15. The van der Waals surface area contributed by atoms with Crippen LogP contribution in [0.2, 0.25) is 0 Å². The molecule has 2 heterocycles. The Hall–Kier alpha value is -2.49. The van der Waals surface area contributed by atoms with Gasteiger partial charge in [0.1, 0.15) is 0 Å². The second kappa shape index (κ2) is 36.8. The van der Waals surface area contributed by atoms with Gasteiger partial charge in [-0.1, -0.05) is 213 Å². The molecule has 0 bridgehead atoms. The number of aryl methyl sites for hydroxylation is 1. The normalized spacial score (nSPS) is 11.3. The lowest BCUT2D eigenvalue weighted by atomic mass is 10.0. The van der Waals surface area contributed by atoms with E-state index in [0.29, 0.717) is 12.3 Å². The lowest BCUT2D eigenvalue weighted by Crippen LogP contribution is -2.39. The van der Waals surface area contributed by atoms with Crippen molar-refractivity contribution in [1.29, 1.82) is 0 Å². The number of carbonyl (C=O) groups is 1. The predicted octanol–water partition coefficient (Wildman–Crippen LogP) is 14.9. The van der Waals surface area contributed by atoms with Gasteiger partial charge in [0, 0.05) is 37.4 Å². The highest BCUT2D eigenvalue weighted by atomic mass is 16.2. The van der Waals surface area contributed by atoms with Crippen molar-refractivity contribution < 1.29 is 13.9 Å². The molecule has 0 aliphatic heterocycles. The van der Waals surface area contributed by atoms with Gasteiger partial charge in [-0.3, -0.25) is 4.79 Å². The summed E-state index contributed by atoms with van der Waals surface area (Å²) in [6.07, 6.45) is 55.2. The molecule has 0 saturated heterocycles. The SMILES string of the molecule is C=CC[n+]1ccc(-c2cc[n+](CCC(=O)N(CCCCCCCCCCCCCCCCCC)CCCCCCCCCCCCCCCCCC)cc2)cc1. The highest BCUT2D eigenvalue weighted by molar-refractivity contribution is 5.75. The summed E-state index contributed by atoms with van der Waals surface area (Å²) in [4.78, 5) is 15.8. The number of hydrogen-bond donors (Lipinski definition) is 0. The molecular formula is C52H91N3O+2. The Balaban J connectivity index is 1.64. The second-order valence-electron chi connectivity index (χ2n) is 17.1. The molecule has 56 heavy (non-hydrogen) atoms. The molecule has 0 aromatic carbocycles. The number of amides is 1. The van der Waals surface area contributed by atoms with Crippen molar-refractivity contribution in [3.8, 4) is 11.1 Å². The van der Waals surface area contributed by atoms with E-state index in [4.69, 9.17) is 0 Å². The van der Waals surface area contributed by atoms with Gasteiger partial charge in [-0.15, -0.1) is 0 Å². The van der Waals surface area contributed by atoms with Crippen LogP contribution in [0.4, 0.5) is 0 Å². The summed E-state index contributed by atoms with van der Waals surface area (Å²) in [6, 6.07) is 8.65. The van der Waals surface area contributed by atoms with E-state index in [9.17, 15) is 4.79 Å². The lowest BCUT2D eigenvalue weighted by molar-refractivity contribution is -0.695. The largest absolute Gasteiger partial charge is 0.342 e. The van der Waals surface area contributed by atoms with Gasteiger partial charge in [0.25, 0.3) is 0 Å². The van der Waals surface area contributed by atoms with Crippen molar-refractivity contribution in [2.75, 3.05) is 13.1 Å². The Morgan fingerprint density at radius 1 is 0.464 bits per heavy atom. The van der Waals surface area contributed by atoms with Gasteiger partial charge in [0.2, 0.25) is 5.91 Å². The minimum absolute atomic E-state index is 0.332. The lowest BCUT2D eigenvalue weighted by Gasteiger charge is -2.22. The summed E-state index contributed by atoms with van der Waals surface area (Å²) in [5.41, 5.74) is 2.41. The van der Waals surface area contributed by atoms with E-state index in [1.165, 1.54) is 204 Å². The zero-order chi connectivity index (χ0) is 40.0. The van der Waals surface area contributed by atoms with E-state index >= 15 is 0 Å². The van der Waals surface area contributed by atoms with Crippen LogP contribution in [0.3, 0.4) is 0 Å². The molecule has 318 valence electrons. The average molecular weight is 774 g/mol. The molecule has 0 unspecified atom stereocenters. The Morgan fingerprint density at radius 2 is 0.750 bits per heavy atom. The fourth-order valence-corrected chi connectivity index (χ4v) is 8.16. The van der Waals surface area contributed by atoms with Crippen LogP contribution in [0.15, 0.2) is 61.7 Å². The van der Waals surface area contributed by atoms with Crippen molar-refractivity contribution in [3.63, 3.8) is 0 Å². The third-order valence-corrected chi connectivity index (χ3v) is 12.0. The molecule has 2 aromatic heterocycles. The number of rotatable bonds is 40. The van der Waals surface area contributed by atoms with Crippen molar-refractivity contribution >= 4 is 5.91 Å². The first kappa shape index (κ1) is 49.7. The zero-order valence-corrected chi connectivity index (χ0v) is 37.3. The summed E-state index contributed by atoms with van der Waals surface area (Å²) >= 11 is 0. The summed E-state index contributed by atoms with van der Waals surface area (Å²) in [5.74, 6) is 0.332. The number of hydrogen-bond acceptors (Lipinski definition) is 1.